The lowest BCUT2D eigenvalue weighted by atomic mass is 9.89. The Morgan fingerprint density at radius 1 is 0.968 bits per heavy atom. The quantitative estimate of drug-likeness (QED) is 0.726. The molecule has 2 aromatic carbocycles. The van der Waals surface area contributed by atoms with Crippen molar-refractivity contribution < 1.29 is 14.7 Å². The van der Waals surface area contributed by atoms with Gasteiger partial charge in [-0.25, -0.2) is 0 Å². The monoisotopic (exact) mass is 421 g/mol. The molecule has 2 aliphatic heterocycles. The molecule has 0 bridgehead atoms. The predicted molar refractivity (Wildman–Crippen MR) is 121 cm³/mol. The van der Waals surface area contributed by atoms with Crippen molar-refractivity contribution in [2.24, 2.45) is 5.92 Å². The number of phenols is 1. The first-order valence-corrected chi connectivity index (χ1v) is 11.1. The summed E-state index contributed by atoms with van der Waals surface area (Å²) in [7, 11) is 0. The minimum atomic E-state index is -0.117. The average molecular weight is 422 g/mol. The molecule has 2 aliphatic rings. The van der Waals surface area contributed by atoms with Crippen molar-refractivity contribution in [2.75, 3.05) is 38.0 Å². The lowest BCUT2D eigenvalue weighted by molar-refractivity contribution is -0.133. The number of aromatic hydroxyl groups is 1. The lowest BCUT2D eigenvalue weighted by Gasteiger charge is -2.33. The number of phenolic OH excluding ortho intramolecular Hbond substituents is 1. The maximum Gasteiger partial charge on any atom is 0.236 e. The van der Waals surface area contributed by atoms with E-state index in [1.54, 1.807) is 24.3 Å². The Morgan fingerprint density at radius 2 is 1.65 bits per heavy atom. The maximum atomic E-state index is 12.8. The molecule has 2 heterocycles. The van der Waals surface area contributed by atoms with Crippen LogP contribution in [0, 0.1) is 12.8 Å². The third kappa shape index (κ3) is 5.44. The highest BCUT2D eigenvalue weighted by molar-refractivity contribution is 5.93. The van der Waals surface area contributed by atoms with Gasteiger partial charge in [0, 0.05) is 25.3 Å². The highest BCUT2D eigenvalue weighted by Gasteiger charge is 2.31. The van der Waals surface area contributed by atoms with Crippen LogP contribution >= 0.6 is 0 Å². The zero-order valence-corrected chi connectivity index (χ0v) is 18.1. The molecule has 0 saturated carbocycles. The molecule has 6 nitrogen and oxygen atoms in total. The van der Waals surface area contributed by atoms with Gasteiger partial charge in [-0.15, -0.1) is 0 Å². The zero-order valence-electron chi connectivity index (χ0n) is 18.1. The summed E-state index contributed by atoms with van der Waals surface area (Å²) in [6, 6.07) is 15.2. The van der Waals surface area contributed by atoms with Crippen LogP contribution in [-0.4, -0.2) is 59.4 Å². The van der Waals surface area contributed by atoms with E-state index in [-0.39, 0.29) is 23.5 Å². The van der Waals surface area contributed by atoms with Gasteiger partial charge in [0.15, 0.2) is 0 Å². The van der Waals surface area contributed by atoms with Crippen molar-refractivity contribution in [3.8, 4) is 5.75 Å². The molecule has 0 spiro atoms. The first-order chi connectivity index (χ1) is 15.0. The molecule has 0 radical (unpaired) electrons. The summed E-state index contributed by atoms with van der Waals surface area (Å²) in [6.45, 7) is 5.46. The van der Waals surface area contributed by atoms with Crippen LogP contribution in [-0.2, 0) is 9.59 Å². The van der Waals surface area contributed by atoms with E-state index < -0.39 is 0 Å². The molecule has 6 heteroatoms. The lowest BCUT2D eigenvalue weighted by Crippen LogP contribution is -2.43. The van der Waals surface area contributed by atoms with Gasteiger partial charge in [0.2, 0.25) is 11.8 Å². The van der Waals surface area contributed by atoms with Crippen LogP contribution in [0.15, 0.2) is 48.5 Å². The van der Waals surface area contributed by atoms with Gasteiger partial charge in [0.1, 0.15) is 5.75 Å². The number of carbonyl (C=O) groups excluding carboxylic acids is 2. The average Bonchev–Trinajstić information content (AvgIpc) is 3.25. The van der Waals surface area contributed by atoms with E-state index >= 15 is 0 Å². The van der Waals surface area contributed by atoms with Crippen LogP contribution in [0.2, 0.25) is 0 Å². The summed E-state index contributed by atoms with van der Waals surface area (Å²) in [5.41, 5.74) is 3.32. The Morgan fingerprint density at radius 3 is 2.32 bits per heavy atom. The Kier molecular flexibility index (Phi) is 6.56. The molecule has 2 aromatic rings. The standard InChI is InChI=1S/C25H31N3O3/c1-18-2-4-19(5-3-18)20-11-14-28(15-12-20)24(30)17-27-13-10-21(16-27)25(31)26-22-6-8-23(29)9-7-22/h2-9,20-21,29H,10-17H2,1H3,(H,26,31). The zero-order chi connectivity index (χ0) is 21.8. The smallest absolute Gasteiger partial charge is 0.236 e. The Labute approximate surface area is 183 Å². The number of carbonyl (C=O) groups is 2. The first-order valence-electron chi connectivity index (χ1n) is 11.1. The van der Waals surface area contributed by atoms with Crippen molar-refractivity contribution in [1.29, 1.82) is 0 Å². The second-order valence-corrected chi connectivity index (χ2v) is 8.82. The number of anilines is 1. The van der Waals surface area contributed by atoms with E-state index in [4.69, 9.17) is 0 Å². The molecule has 31 heavy (non-hydrogen) atoms. The fourth-order valence-corrected chi connectivity index (χ4v) is 4.57. The Balaban J connectivity index is 1.22. The molecular formula is C25H31N3O3. The third-order valence-electron chi connectivity index (χ3n) is 6.53. The van der Waals surface area contributed by atoms with E-state index in [0.717, 1.165) is 38.9 Å². The van der Waals surface area contributed by atoms with Gasteiger partial charge in [0.25, 0.3) is 0 Å². The highest BCUT2D eigenvalue weighted by Crippen LogP contribution is 2.28. The number of benzene rings is 2. The van der Waals surface area contributed by atoms with Crippen LogP contribution in [0.3, 0.4) is 0 Å². The first kappa shape index (κ1) is 21.4. The van der Waals surface area contributed by atoms with Gasteiger partial charge in [0.05, 0.1) is 12.5 Å². The highest BCUT2D eigenvalue weighted by atomic mass is 16.3. The minimum absolute atomic E-state index is 0.0282. The number of hydrogen-bond donors (Lipinski definition) is 2. The van der Waals surface area contributed by atoms with E-state index in [1.165, 1.54) is 11.1 Å². The number of likely N-dealkylation sites (tertiary alicyclic amines) is 2. The van der Waals surface area contributed by atoms with Crippen molar-refractivity contribution in [3.63, 3.8) is 0 Å². The van der Waals surface area contributed by atoms with Crippen molar-refractivity contribution in [2.45, 2.75) is 32.1 Å². The number of nitrogens with zero attached hydrogens (tertiary/aromatic N) is 2. The van der Waals surface area contributed by atoms with E-state index in [0.29, 0.717) is 24.7 Å². The molecule has 0 aromatic heterocycles. The van der Waals surface area contributed by atoms with Crippen LogP contribution in [0.25, 0.3) is 0 Å². The summed E-state index contributed by atoms with van der Waals surface area (Å²) in [5.74, 6) is 0.728. The molecule has 164 valence electrons. The van der Waals surface area contributed by atoms with Crippen molar-refractivity contribution in [1.82, 2.24) is 9.80 Å². The molecule has 4 rings (SSSR count). The molecule has 1 unspecified atom stereocenters. The second-order valence-electron chi connectivity index (χ2n) is 8.82. The number of amides is 2. The van der Waals surface area contributed by atoms with Crippen LogP contribution in [0.4, 0.5) is 5.69 Å². The van der Waals surface area contributed by atoms with Crippen molar-refractivity contribution in [3.05, 3.63) is 59.7 Å². The predicted octanol–water partition coefficient (Wildman–Crippen LogP) is 3.37. The molecule has 2 fully saturated rings. The molecule has 2 saturated heterocycles. The molecule has 1 atom stereocenters. The Hall–Kier alpha value is -2.86. The van der Waals surface area contributed by atoms with Gasteiger partial charge in [-0.3, -0.25) is 14.5 Å². The second kappa shape index (κ2) is 9.52. The largest absolute Gasteiger partial charge is 0.508 e. The van der Waals surface area contributed by atoms with Crippen molar-refractivity contribution >= 4 is 17.5 Å². The normalized spacial score (nSPS) is 20.0. The SMILES string of the molecule is Cc1ccc(C2CCN(C(=O)CN3CCC(C(=O)Nc4ccc(O)cc4)C3)CC2)cc1. The summed E-state index contributed by atoms with van der Waals surface area (Å²) < 4.78 is 0. The van der Waals surface area contributed by atoms with Crippen LogP contribution in [0.5, 0.6) is 5.75 Å². The molecular weight excluding hydrogens is 390 g/mol. The summed E-state index contributed by atoms with van der Waals surface area (Å²) in [4.78, 5) is 29.4. The fraction of sp³-hybridized carbons (Fsp3) is 0.440. The fourth-order valence-electron chi connectivity index (χ4n) is 4.57. The van der Waals surface area contributed by atoms with Gasteiger partial charge in [-0.1, -0.05) is 29.8 Å². The number of aryl methyl sites for hydroxylation is 1. The third-order valence-corrected chi connectivity index (χ3v) is 6.53. The topological polar surface area (TPSA) is 72.9 Å². The summed E-state index contributed by atoms with van der Waals surface area (Å²) in [5, 5.41) is 12.3. The van der Waals surface area contributed by atoms with E-state index in [2.05, 4.69) is 41.4 Å². The minimum Gasteiger partial charge on any atom is -0.508 e. The van der Waals surface area contributed by atoms with Crippen LogP contribution in [0.1, 0.15) is 36.3 Å². The van der Waals surface area contributed by atoms with Crippen LogP contribution < -0.4 is 5.32 Å². The van der Waals surface area contributed by atoms with E-state index in [9.17, 15) is 14.7 Å². The number of nitrogens with one attached hydrogen (secondary N) is 1. The van der Waals surface area contributed by atoms with Gasteiger partial charge in [-0.05, 0) is 68.5 Å². The van der Waals surface area contributed by atoms with E-state index in [1.807, 2.05) is 4.90 Å². The van der Waals surface area contributed by atoms with Gasteiger partial charge < -0.3 is 15.3 Å². The summed E-state index contributed by atoms with van der Waals surface area (Å²) in [6.07, 6.45) is 2.77. The number of rotatable bonds is 5. The summed E-state index contributed by atoms with van der Waals surface area (Å²) >= 11 is 0. The maximum absolute atomic E-state index is 12.8. The Bertz CT molecular complexity index is 903. The molecule has 0 aliphatic carbocycles. The van der Waals surface area contributed by atoms with Gasteiger partial charge in [-0.2, -0.15) is 0 Å². The molecule has 2 amide bonds. The number of piperidine rings is 1. The van der Waals surface area contributed by atoms with Gasteiger partial charge >= 0.3 is 0 Å². The molecule has 2 N–H and O–H groups in total. The number of hydrogen-bond acceptors (Lipinski definition) is 4.